The highest BCUT2D eigenvalue weighted by Crippen LogP contribution is 2.19. The molecule has 110 valence electrons. The molecule has 0 saturated heterocycles. The number of hydrazine groups is 1. The minimum Gasteiger partial charge on any atom is -0.381 e. The quantitative estimate of drug-likeness (QED) is 0.478. The summed E-state index contributed by atoms with van der Waals surface area (Å²) in [5.74, 6) is 5.13. The first-order valence-corrected chi connectivity index (χ1v) is 7.22. The molecule has 0 heterocycles. The highest BCUT2D eigenvalue weighted by Gasteiger charge is 2.28. The minimum atomic E-state index is -1.19. The maximum atomic E-state index is 12.1. The molecule has 5 N–H and O–H groups in total. The van der Waals surface area contributed by atoms with Gasteiger partial charge in [-0.05, 0) is 18.4 Å². The van der Waals surface area contributed by atoms with E-state index >= 15 is 0 Å². The summed E-state index contributed by atoms with van der Waals surface area (Å²) in [6, 6.07) is 8.84. The largest absolute Gasteiger partial charge is 0.381 e. The third-order valence-corrected chi connectivity index (χ3v) is 3.87. The monoisotopic (exact) mass is 277 g/mol. The summed E-state index contributed by atoms with van der Waals surface area (Å²) < 4.78 is 0. The summed E-state index contributed by atoms with van der Waals surface area (Å²) >= 11 is 0. The molecule has 0 aromatic heterocycles. The van der Waals surface area contributed by atoms with Crippen molar-refractivity contribution >= 4 is 5.91 Å². The van der Waals surface area contributed by atoms with Gasteiger partial charge in [0.05, 0.1) is 6.04 Å². The average Bonchev–Trinajstić information content (AvgIpc) is 2.50. The van der Waals surface area contributed by atoms with Gasteiger partial charge in [-0.3, -0.25) is 10.6 Å². The topological polar surface area (TPSA) is 87.4 Å². The molecule has 1 saturated carbocycles. The van der Waals surface area contributed by atoms with Crippen LogP contribution in [-0.2, 0) is 4.79 Å². The first kappa shape index (κ1) is 15.0. The van der Waals surface area contributed by atoms with Gasteiger partial charge in [-0.2, -0.15) is 0 Å². The van der Waals surface area contributed by atoms with E-state index in [0.717, 1.165) is 31.2 Å². The number of carbonyl (C=O) groups excluding carboxylic acids is 1. The second-order valence-electron chi connectivity index (χ2n) is 5.34. The third-order valence-electron chi connectivity index (χ3n) is 3.87. The van der Waals surface area contributed by atoms with Gasteiger partial charge in [-0.15, -0.1) is 0 Å². The highest BCUT2D eigenvalue weighted by atomic mass is 16.3. The lowest BCUT2D eigenvalue weighted by molar-refractivity contribution is -0.131. The van der Waals surface area contributed by atoms with E-state index in [4.69, 9.17) is 5.84 Å². The van der Waals surface area contributed by atoms with Crippen LogP contribution in [0.3, 0.4) is 0 Å². The molecule has 5 heteroatoms. The fraction of sp³-hybridized carbons (Fsp3) is 0.533. The second-order valence-corrected chi connectivity index (χ2v) is 5.34. The van der Waals surface area contributed by atoms with Crippen LogP contribution >= 0.6 is 0 Å². The van der Waals surface area contributed by atoms with Gasteiger partial charge in [0.15, 0.2) is 6.10 Å². The van der Waals surface area contributed by atoms with Crippen LogP contribution in [0.25, 0.3) is 0 Å². The number of aliphatic hydroxyl groups excluding tert-OH is 1. The molecule has 1 aromatic carbocycles. The molecule has 2 atom stereocenters. The van der Waals surface area contributed by atoms with Crippen LogP contribution < -0.4 is 16.6 Å². The average molecular weight is 277 g/mol. The van der Waals surface area contributed by atoms with E-state index in [0.29, 0.717) is 0 Å². The van der Waals surface area contributed by atoms with E-state index in [1.54, 1.807) is 0 Å². The lowest BCUT2D eigenvalue weighted by atomic mass is 9.94. The number of aliphatic hydroxyl groups is 1. The zero-order valence-electron chi connectivity index (χ0n) is 11.6. The number of carbonyl (C=O) groups is 1. The Balaban J connectivity index is 1.97. The number of nitrogens with two attached hydrogens (primary N) is 1. The fourth-order valence-electron chi connectivity index (χ4n) is 2.71. The second kappa shape index (κ2) is 7.38. The first-order chi connectivity index (χ1) is 9.72. The van der Waals surface area contributed by atoms with Gasteiger partial charge in [0.25, 0.3) is 5.91 Å². The molecule has 1 aliphatic rings. The molecule has 20 heavy (non-hydrogen) atoms. The summed E-state index contributed by atoms with van der Waals surface area (Å²) in [7, 11) is 0. The smallest absolute Gasteiger partial charge is 0.251 e. The maximum absolute atomic E-state index is 12.1. The van der Waals surface area contributed by atoms with Crippen LogP contribution in [0.2, 0.25) is 0 Å². The summed E-state index contributed by atoms with van der Waals surface area (Å²) in [6.45, 7) is 0. The zero-order chi connectivity index (χ0) is 14.4. The molecule has 1 unspecified atom stereocenters. The van der Waals surface area contributed by atoms with Gasteiger partial charge < -0.3 is 10.4 Å². The Morgan fingerprint density at radius 3 is 2.45 bits per heavy atom. The van der Waals surface area contributed by atoms with Crippen molar-refractivity contribution in [3.63, 3.8) is 0 Å². The Bertz CT molecular complexity index is 418. The van der Waals surface area contributed by atoms with E-state index in [-0.39, 0.29) is 11.9 Å². The van der Waals surface area contributed by atoms with Crippen molar-refractivity contribution in [3.8, 4) is 0 Å². The third kappa shape index (κ3) is 3.79. The van der Waals surface area contributed by atoms with Gasteiger partial charge in [-0.1, -0.05) is 49.6 Å². The minimum absolute atomic E-state index is 0.181. The fourth-order valence-corrected chi connectivity index (χ4v) is 2.71. The van der Waals surface area contributed by atoms with Gasteiger partial charge >= 0.3 is 0 Å². The molecule has 0 spiro atoms. The number of benzene rings is 1. The van der Waals surface area contributed by atoms with Crippen LogP contribution in [0.15, 0.2) is 30.3 Å². The van der Waals surface area contributed by atoms with E-state index in [1.165, 1.54) is 6.42 Å². The predicted octanol–water partition coefficient (Wildman–Crippen LogP) is 1.00. The predicted molar refractivity (Wildman–Crippen MR) is 77.5 cm³/mol. The number of hydrogen-bond donors (Lipinski definition) is 4. The Morgan fingerprint density at radius 2 is 1.85 bits per heavy atom. The van der Waals surface area contributed by atoms with Crippen molar-refractivity contribution in [2.45, 2.75) is 50.3 Å². The van der Waals surface area contributed by atoms with Crippen molar-refractivity contribution in [2.75, 3.05) is 0 Å². The van der Waals surface area contributed by atoms with Crippen molar-refractivity contribution in [1.29, 1.82) is 0 Å². The van der Waals surface area contributed by atoms with E-state index in [2.05, 4.69) is 10.7 Å². The van der Waals surface area contributed by atoms with Crippen molar-refractivity contribution in [2.24, 2.45) is 5.84 Å². The van der Waals surface area contributed by atoms with Gasteiger partial charge in [0.1, 0.15) is 0 Å². The normalized spacial score (nSPS) is 19.3. The van der Waals surface area contributed by atoms with Crippen LogP contribution in [-0.4, -0.2) is 23.2 Å². The van der Waals surface area contributed by atoms with Crippen LogP contribution in [0.5, 0.6) is 0 Å². The lowest BCUT2D eigenvalue weighted by Gasteiger charge is -2.27. The van der Waals surface area contributed by atoms with E-state index < -0.39 is 12.1 Å². The molecule has 2 rings (SSSR count). The number of rotatable bonds is 5. The molecule has 0 radical (unpaired) electrons. The van der Waals surface area contributed by atoms with E-state index in [1.807, 2.05) is 30.3 Å². The van der Waals surface area contributed by atoms with Crippen molar-refractivity contribution in [1.82, 2.24) is 10.7 Å². The van der Waals surface area contributed by atoms with Crippen LogP contribution in [0.4, 0.5) is 0 Å². The summed E-state index contributed by atoms with van der Waals surface area (Å²) in [5.41, 5.74) is 3.32. The summed E-state index contributed by atoms with van der Waals surface area (Å²) in [6.07, 6.45) is 4.29. The number of hydrogen-bond acceptors (Lipinski definition) is 4. The first-order valence-electron chi connectivity index (χ1n) is 7.22. The number of amides is 1. The van der Waals surface area contributed by atoms with Crippen LogP contribution in [0, 0.1) is 0 Å². The van der Waals surface area contributed by atoms with Gasteiger partial charge in [-0.25, -0.2) is 5.43 Å². The zero-order valence-corrected chi connectivity index (χ0v) is 11.6. The Morgan fingerprint density at radius 1 is 1.20 bits per heavy atom. The molecule has 1 aliphatic carbocycles. The van der Waals surface area contributed by atoms with Gasteiger partial charge in [0, 0.05) is 6.04 Å². The van der Waals surface area contributed by atoms with Crippen molar-refractivity contribution < 1.29 is 9.90 Å². The molecule has 1 amide bonds. The Hall–Kier alpha value is -1.43. The van der Waals surface area contributed by atoms with E-state index in [9.17, 15) is 9.90 Å². The molecule has 0 aliphatic heterocycles. The number of nitrogens with one attached hydrogen (secondary N) is 2. The summed E-state index contributed by atoms with van der Waals surface area (Å²) in [4.78, 5) is 12.1. The molecule has 1 fully saturated rings. The Labute approximate surface area is 119 Å². The maximum Gasteiger partial charge on any atom is 0.251 e. The Kier molecular flexibility index (Phi) is 5.52. The molecule has 5 nitrogen and oxygen atoms in total. The van der Waals surface area contributed by atoms with Crippen molar-refractivity contribution in [3.05, 3.63) is 35.9 Å². The SMILES string of the molecule is NN[C@@H](c1ccccc1)C(O)C(=O)NC1CCCCC1. The van der Waals surface area contributed by atoms with Gasteiger partial charge in [0.2, 0.25) is 0 Å². The molecular weight excluding hydrogens is 254 g/mol. The lowest BCUT2D eigenvalue weighted by Crippen LogP contribution is -2.48. The molecule has 0 bridgehead atoms. The highest BCUT2D eigenvalue weighted by molar-refractivity contribution is 5.81. The molecule has 1 aromatic rings. The summed E-state index contributed by atoms with van der Waals surface area (Å²) in [5, 5.41) is 13.1. The molecular formula is C15H23N3O2. The van der Waals surface area contributed by atoms with Crippen LogP contribution in [0.1, 0.15) is 43.7 Å². The standard InChI is InChI=1S/C15H23N3O2/c16-18-13(11-7-3-1-4-8-11)14(19)15(20)17-12-9-5-2-6-10-12/h1,3-4,7-8,12-14,18-19H,2,5-6,9-10,16H2,(H,17,20)/t13-,14?/m0/s1.